The van der Waals surface area contributed by atoms with Gasteiger partial charge in [-0.05, 0) is 30.2 Å². The Morgan fingerprint density at radius 2 is 2.19 bits per heavy atom. The Morgan fingerprint density at radius 1 is 1.33 bits per heavy atom. The van der Waals surface area contributed by atoms with E-state index in [1.165, 1.54) is 18.3 Å². The molecule has 0 aliphatic heterocycles. The van der Waals surface area contributed by atoms with E-state index in [4.69, 9.17) is 4.74 Å². The highest BCUT2D eigenvalue weighted by atomic mass is 19.1. The number of benzene rings is 1. The van der Waals surface area contributed by atoms with Crippen molar-refractivity contribution >= 4 is 5.91 Å². The maximum Gasteiger partial charge on any atom is 0.252 e. The molecule has 0 spiro atoms. The first-order chi connectivity index (χ1) is 10.2. The van der Waals surface area contributed by atoms with Gasteiger partial charge in [0.15, 0.2) is 0 Å². The van der Waals surface area contributed by atoms with E-state index < -0.39 is 0 Å². The van der Waals surface area contributed by atoms with E-state index in [1.54, 1.807) is 24.3 Å². The minimum absolute atomic E-state index is 0.152. The number of pyridine rings is 1. The predicted octanol–water partition coefficient (Wildman–Crippen LogP) is 2.94. The number of hydrogen-bond donors (Lipinski definition) is 1. The van der Waals surface area contributed by atoms with Crippen LogP contribution in [0.1, 0.15) is 29.3 Å². The van der Waals surface area contributed by atoms with Crippen molar-refractivity contribution < 1.29 is 13.9 Å². The van der Waals surface area contributed by atoms with E-state index in [-0.39, 0.29) is 18.3 Å². The second-order valence-electron chi connectivity index (χ2n) is 4.56. The van der Waals surface area contributed by atoms with Gasteiger partial charge >= 0.3 is 0 Å². The third kappa shape index (κ3) is 4.56. The van der Waals surface area contributed by atoms with Crippen molar-refractivity contribution in [3.8, 4) is 5.88 Å². The summed E-state index contributed by atoms with van der Waals surface area (Å²) in [6.07, 6.45) is 2.35. The Bertz CT molecular complexity index is 599. The number of rotatable bonds is 6. The summed E-state index contributed by atoms with van der Waals surface area (Å²) in [5, 5.41) is 2.77. The molecule has 1 aromatic heterocycles. The van der Waals surface area contributed by atoms with Crippen LogP contribution in [0.4, 0.5) is 4.39 Å². The summed E-state index contributed by atoms with van der Waals surface area (Å²) in [5.74, 6) is -0.0562. The van der Waals surface area contributed by atoms with Crippen LogP contribution in [0.3, 0.4) is 0 Å². The molecule has 1 amide bonds. The molecule has 1 aromatic carbocycles. The zero-order valence-electron chi connectivity index (χ0n) is 11.8. The van der Waals surface area contributed by atoms with Crippen molar-refractivity contribution in [3.63, 3.8) is 0 Å². The van der Waals surface area contributed by atoms with E-state index >= 15 is 0 Å². The molecule has 0 atom stereocenters. The van der Waals surface area contributed by atoms with Gasteiger partial charge in [0, 0.05) is 18.8 Å². The van der Waals surface area contributed by atoms with Crippen molar-refractivity contribution in [2.75, 3.05) is 6.54 Å². The first kappa shape index (κ1) is 15.0. The maximum atomic E-state index is 13.0. The van der Waals surface area contributed by atoms with E-state index in [1.807, 2.05) is 6.92 Å². The lowest BCUT2D eigenvalue weighted by Crippen LogP contribution is -2.24. The molecule has 2 rings (SSSR count). The average molecular weight is 288 g/mol. The summed E-state index contributed by atoms with van der Waals surface area (Å²) < 4.78 is 18.5. The SMILES string of the molecule is CCCNC(=O)c1ccc(OCc2cccc(F)c2)nc1. The number of nitrogens with zero attached hydrogens (tertiary/aromatic N) is 1. The standard InChI is InChI=1S/C16H17FN2O2/c1-2-8-18-16(20)13-6-7-15(19-10-13)21-11-12-4-3-5-14(17)9-12/h3-7,9-10H,2,8,11H2,1H3,(H,18,20). The Balaban J connectivity index is 1.92. The molecule has 5 heteroatoms. The summed E-state index contributed by atoms with van der Waals surface area (Å²) in [6, 6.07) is 9.47. The molecule has 0 saturated heterocycles. The van der Waals surface area contributed by atoms with Crippen molar-refractivity contribution in [3.05, 3.63) is 59.5 Å². The zero-order chi connectivity index (χ0) is 15.1. The molecule has 0 radical (unpaired) electrons. The summed E-state index contributed by atoms with van der Waals surface area (Å²) in [6.45, 7) is 2.85. The molecule has 0 aliphatic carbocycles. The molecular formula is C16H17FN2O2. The third-order valence-electron chi connectivity index (χ3n) is 2.81. The predicted molar refractivity (Wildman–Crippen MR) is 77.6 cm³/mol. The number of ether oxygens (including phenoxy) is 1. The molecule has 4 nitrogen and oxygen atoms in total. The number of carbonyl (C=O) groups is 1. The average Bonchev–Trinajstić information content (AvgIpc) is 2.51. The topological polar surface area (TPSA) is 51.2 Å². The number of aromatic nitrogens is 1. The van der Waals surface area contributed by atoms with Gasteiger partial charge in [0.05, 0.1) is 5.56 Å². The van der Waals surface area contributed by atoms with Crippen LogP contribution in [-0.2, 0) is 6.61 Å². The molecule has 0 fully saturated rings. The third-order valence-corrected chi connectivity index (χ3v) is 2.81. The van der Waals surface area contributed by atoms with E-state index in [2.05, 4.69) is 10.3 Å². The maximum absolute atomic E-state index is 13.0. The van der Waals surface area contributed by atoms with Crippen LogP contribution >= 0.6 is 0 Å². The number of hydrogen-bond acceptors (Lipinski definition) is 3. The minimum Gasteiger partial charge on any atom is -0.473 e. The van der Waals surface area contributed by atoms with Gasteiger partial charge in [0.25, 0.3) is 5.91 Å². The fourth-order valence-corrected chi connectivity index (χ4v) is 1.72. The Morgan fingerprint density at radius 3 is 2.86 bits per heavy atom. The molecule has 0 aliphatic rings. The normalized spacial score (nSPS) is 10.2. The highest BCUT2D eigenvalue weighted by molar-refractivity contribution is 5.93. The zero-order valence-corrected chi connectivity index (χ0v) is 11.8. The lowest BCUT2D eigenvalue weighted by Gasteiger charge is -2.07. The lowest BCUT2D eigenvalue weighted by molar-refractivity contribution is 0.0953. The summed E-state index contributed by atoms with van der Waals surface area (Å²) in [4.78, 5) is 15.8. The van der Waals surface area contributed by atoms with Gasteiger partial charge < -0.3 is 10.1 Å². The smallest absolute Gasteiger partial charge is 0.252 e. The molecule has 1 heterocycles. The van der Waals surface area contributed by atoms with Crippen LogP contribution < -0.4 is 10.1 Å². The highest BCUT2D eigenvalue weighted by Gasteiger charge is 2.05. The molecule has 110 valence electrons. The number of amides is 1. The van der Waals surface area contributed by atoms with Gasteiger partial charge in [-0.25, -0.2) is 9.37 Å². The van der Waals surface area contributed by atoms with E-state index in [9.17, 15) is 9.18 Å². The Kier molecular flexibility index (Phi) is 5.26. The van der Waals surface area contributed by atoms with Gasteiger partial charge in [-0.2, -0.15) is 0 Å². The number of nitrogens with one attached hydrogen (secondary N) is 1. The fourth-order valence-electron chi connectivity index (χ4n) is 1.72. The van der Waals surface area contributed by atoms with Crippen LogP contribution in [0.25, 0.3) is 0 Å². The largest absolute Gasteiger partial charge is 0.473 e. The van der Waals surface area contributed by atoms with Crippen LogP contribution in [-0.4, -0.2) is 17.4 Å². The van der Waals surface area contributed by atoms with Crippen molar-refractivity contribution in [2.24, 2.45) is 0 Å². The Labute approximate surface area is 123 Å². The van der Waals surface area contributed by atoms with Crippen molar-refractivity contribution in [1.29, 1.82) is 0 Å². The molecule has 21 heavy (non-hydrogen) atoms. The summed E-state index contributed by atoms with van der Waals surface area (Å²) >= 11 is 0. The van der Waals surface area contributed by atoms with Crippen molar-refractivity contribution in [2.45, 2.75) is 20.0 Å². The molecule has 1 N–H and O–H groups in total. The van der Waals surface area contributed by atoms with Crippen LogP contribution in [0, 0.1) is 5.82 Å². The highest BCUT2D eigenvalue weighted by Crippen LogP contribution is 2.11. The molecule has 0 saturated carbocycles. The number of carbonyl (C=O) groups excluding carboxylic acids is 1. The monoisotopic (exact) mass is 288 g/mol. The fraction of sp³-hybridized carbons (Fsp3) is 0.250. The second kappa shape index (κ2) is 7.38. The molecule has 0 unspecified atom stereocenters. The first-order valence-corrected chi connectivity index (χ1v) is 6.80. The number of halogens is 1. The first-order valence-electron chi connectivity index (χ1n) is 6.80. The lowest BCUT2D eigenvalue weighted by atomic mass is 10.2. The van der Waals surface area contributed by atoms with E-state index in [0.717, 1.165) is 12.0 Å². The van der Waals surface area contributed by atoms with Gasteiger partial charge in [0.1, 0.15) is 12.4 Å². The molecular weight excluding hydrogens is 271 g/mol. The quantitative estimate of drug-likeness (QED) is 0.889. The molecule has 2 aromatic rings. The van der Waals surface area contributed by atoms with E-state index in [0.29, 0.717) is 18.0 Å². The Hall–Kier alpha value is -2.43. The van der Waals surface area contributed by atoms with Crippen LogP contribution in [0.15, 0.2) is 42.6 Å². The summed E-state index contributed by atoms with van der Waals surface area (Å²) in [5.41, 5.74) is 1.21. The van der Waals surface area contributed by atoms with Crippen LogP contribution in [0.2, 0.25) is 0 Å². The van der Waals surface area contributed by atoms with Gasteiger partial charge in [-0.15, -0.1) is 0 Å². The van der Waals surface area contributed by atoms with Gasteiger partial charge in [-0.1, -0.05) is 19.1 Å². The summed E-state index contributed by atoms with van der Waals surface area (Å²) in [7, 11) is 0. The van der Waals surface area contributed by atoms with Crippen LogP contribution in [0.5, 0.6) is 5.88 Å². The van der Waals surface area contributed by atoms with Crippen molar-refractivity contribution in [1.82, 2.24) is 10.3 Å². The second-order valence-corrected chi connectivity index (χ2v) is 4.56. The molecule has 0 bridgehead atoms. The minimum atomic E-state index is -0.299. The van der Waals surface area contributed by atoms with Gasteiger partial charge in [-0.3, -0.25) is 4.79 Å². The van der Waals surface area contributed by atoms with Gasteiger partial charge in [0.2, 0.25) is 5.88 Å².